The maximum Gasteiger partial charge on any atom is 0.333 e. The molecule has 0 saturated heterocycles. The van der Waals surface area contributed by atoms with E-state index in [4.69, 9.17) is 4.74 Å². The smallest absolute Gasteiger partial charge is 0.333 e. The lowest BCUT2D eigenvalue weighted by Gasteiger charge is -2.11. The van der Waals surface area contributed by atoms with Crippen LogP contribution in [-0.2, 0) is 19.1 Å². The number of rotatable bonds is 5. The molecule has 15 heavy (non-hydrogen) atoms. The van der Waals surface area contributed by atoms with Crippen molar-refractivity contribution in [3.05, 3.63) is 11.6 Å². The fourth-order valence-corrected chi connectivity index (χ4v) is 1.15. The molecule has 0 radical (unpaired) electrons. The predicted molar refractivity (Wildman–Crippen MR) is 56.2 cm³/mol. The van der Waals surface area contributed by atoms with E-state index in [0.29, 0.717) is 18.6 Å². The molecule has 0 aromatic rings. The molecule has 0 spiro atoms. The van der Waals surface area contributed by atoms with Crippen molar-refractivity contribution < 1.29 is 19.1 Å². The van der Waals surface area contributed by atoms with E-state index in [0.717, 1.165) is 0 Å². The summed E-state index contributed by atoms with van der Waals surface area (Å²) in [7, 11) is 1.32. The fourth-order valence-electron chi connectivity index (χ4n) is 1.15. The minimum absolute atomic E-state index is 0.291. The van der Waals surface area contributed by atoms with E-state index in [9.17, 15) is 9.59 Å². The van der Waals surface area contributed by atoms with Crippen LogP contribution in [0.25, 0.3) is 0 Å². The second-order valence-electron chi connectivity index (χ2n) is 3.16. The molecular formula is C11H18O4. The van der Waals surface area contributed by atoms with Gasteiger partial charge in [-0.2, -0.15) is 0 Å². The Bertz CT molecular complexity index is 255. The summed E-state index contributed by atoms with van der Waals surface area (Å²) in [5.74, 6) is -1.01. The summed E-state index contributed by atoms with van der Waals surface area (Å²) in [5, 5.41) is 0. The van der Waals surface area contributed by atoms with Crippen LogP contribution in [0.2, 0.25) is 0 Å². The monoisotopic (exact) mass is 214 g/mol. The topological polar surface area (TPSA) is 52.6 Å². The minimum Gasteiger partial charge on any atom is -0.466 e. The highest BCUT2D eigenvalue weighted by Crippen LogP contribution is 2.14. The minimum atomic E-state index is -0.395. The van der Waals surface area contributed by atoms with Crippen molar-refractivity contribution in [1.82, 2.24) is 0 Å². The zero-order valence-electron chi connectivity index (χ0n) is 9.70. The van der Waals surface area contributed by atoms with Gasteiger partial charge in [0, 0.05) is 5.57 Å². The molecule has 0 bridgehead atoms. The van der Waals surface area contributed by atoms with E-state index >= 15 is 0 Å². The molecule has 0 fully saturated rings. The lowest BCUT2D eigenvalue weighted by atomic mass is 10.0. The molecule has 0 heterocycles. The highest BCUT2D eigenvalue weighted by atomic mass is 16.5. The van der Waals surface area contributed by atoms with E-state index in [1.807, 2.05) is 0 Å². The lowest BCUT2D eigenvalue weighted by molar-refractivity contribution is -0.147. The fraction of sp³-hybridized carbons (Fsp3) is 0.636. The van der Waals surface area contributed by atoms with Crippen molar-refractivity contribution in [2.24, 2.45) is 5.92 Å². The zero-order chi connectivity index (χ0) is 11.8. The van der Waals surface area contributed by atoms with Crippen molar-refractivity contribution >= 4 is 11.9 Å². The molecule has 1 atom stereocenters. The van der Waals surface area contributed by atoms with Crippen LogP contribution < -0.4 is 0 Å². The number of ether oxygens (including phenoxy) is 2. The maximum absolute atomic E-state index is 11.3. The van der Waals surface area contributed by atoms with Gasteiger partial charge >= 0.3 is 11.9 Å². The summed E-state index contributed by atoms with van der Waals surface area (Å²) in [6.45, 7) is 5.57. The quantitative estimate of drug-likeness (QED) is 0.516. The van der Waals surface area contributed by atoms with Gasteiger partial charge in [-0.15, -0.1) is 0 Å². The summed E-state index contributed by atoms with van der Waals surface area (Å²) in [4.78, 5) is 22.5. The third-order valence-electron chi connectivity index (χ3n) is 2.01. The highest BCUT2D eigenvalue weighted by molar-refractivity contribution is 5.89. The van der Waals surface area contributed by atoms with Crippen molar-refractivity contribution in [3.8, 4) is 0 Å². The molecule has 0 saturated carbocycles. The van der Waals surface area contributed by atoms with E-state index in [1.54, 1.807) is 26.8 Å². The van der Waals surface area contributed by atoms with Crippen molar-refractivity contribution in [2.75, 3.05) is 13.7 Å². The van der Waals surface area contributed by atoms with Gasteiger partial charge in [-0.1, -0.05) is 13.0 Å². The number of allylic oxidation sites excluding steroid dienone is 1. The molecule has 0 aliphatic rings. The lowest BCUT2D eigenvalue weighted by Crippen LogP contribution is -2.18. The normalized spacial score (nSPS) is 13.2. The Morgan fingerprint density at radius 1 is 1.40 bits per heavy atom. The van der Waals surface area contributed by atoms with E-state index in [1.165, 1.54) is 7.11 Å². The Kier molecular flexibility index (Phi) is 6.42. The molecule has 0 N–H and O–H groups in total. The second kappa shape index (κ2) is 7.04. The molecule has 0 amide bonds. The maximum atomic E-state index is 11.3. The van der Waals surface area contributed by atoms with Gasteiger partial charge in [0.2, 0.25) is 0 Å². The standard InChI is InChI=1S/C11H18O4/c1-5-9(11(13)14-4)7-8(3)10(12)15-6-2/h5,8H,6-7H2,1-4H3/b9-5-. The average molecular weight is 214 g/mol. The first-order valence-corrected chi connectivity index (χ1v) is 4.96. The number of esters is 2. The van der Waals surface area contributed by atoms with Crippen LogP contribution in [0.3, 0.4) is 0 Å². The van der Waals surface area contributed by atoms with Gasteiger partial charge in [0.15, 0.2) is 0 Å². The predicted octanol–water partition coefficient (Wildman–Crippen LogP) is 1.70. The Hall–Kier alpha value is -1.32. The molecule has 4 heteroatoms. The molecule has 1 unspecified atom stereocenters. The van der Waals surface area contributed by atoms with Gasteiger partial charge in [0.05, 0.1) is 19.6 Å². The van der Waals surface area contributed by atoms with Crippen LogP contribution in [0.15, 0.2) is 11.6 Å². The van der Waals surface area contributed by atoms with Gasteiger partial charge in [-0.25, -0.2) is 4.79 Å². The van der Waals surface area contributed by atoms with Crippen molar-refractivity contribution in [2.45, 2.75) is 27.2 Å². The van der Waals surface area contributed by atoms with Crippen LogP contribution in [0, 0.1) is 5.92 Å². The zero-order valence-corrected chi connectivity index (χ0v) is 9.70. The van der Waals surface area contributed by atoms with Crippen molar-refractivity contribution in [3.63, 3.8) is 0 Å². The molecule has 0 aliphatic heterocycles. The van der Waals surface area contributed by atoms with Gasteiger partial charge in [-0.3, -0.25) is 4.79 Å². The molecule has 4 nitrogen and oxygen atoms in total. The largest absolute Gasteiger partial charge is 0.466 e. The molecule has 86 valence electrons. The van der Waals surface area contributed by atoms with Crippen LogP contribution in [0.5, 0.6) is 0 Å². The van der Waals surface area contributed by atoms with Gasteiger partial charge in [0.25, 0.3) is 0 Å². The van der Waals surface area contributed by atoms with Gasteiger partial charge in [0.1, 0.15) is 0 Å². The Morgan fingerprint density at radius 2 is 2.00 bits per heavy atom. The number of hydrogen-bond donors (Lipinski definition) is 0. The summed E-state index contributed by atoms with van der Waals surface area (Å²) >= 11 is 0. The van der Waals surface area contributed by atoms with Crippen molar-refractivity contribution in [1.29, 1.82) is 0 Å². The summed E-state index contributed by atoms with van der Waals surface area (Å²) < 4.78 is 9.43. The van der Waals surface area contributed by atoms with E-state index in [2.05, 4.69) is 4.74 Å². The first kappa shape index (κ1) is 13.7. The summed E-state index contributed by atoms with van der Waals surface area (Å²) in [5.41, 5.74) is 0.498. The number of carbonyl (C=O) groups excluding carboxylic acids is 2. The number of hydrogen-bond acceptors (Lipinski definition) is 4. The van der Waals surface area contributed by atoms with Gasteiger partial charge < -0.3 is 9.47 Å². The number of carbonyl (C=O) groups is 2. The average Bonchev–Trinajstić information content (AvgIpc) is 2.24. The number of methoxy groups -OCH3 is 1. The first-order valence-electron chi connectivity index (χ1n) is 4.96. The second-order valence-corrected chi connectivity index (χ2v) is 3.16. The van der Waals surface area contributed by atoms with Crippen LogP contribution >= 0.6 is 0 Å². The molecule has 0 aromatic carbocycles. The molecular weight excluding hydrogens is 196 g/mol. The van der Waals surface area contributed by atoms with Crippen LogP contribution in [-0.4, -0.2) is 25.7 Å². The molecule has 0 aromatic heterocycles. The molecule has 0 rings (SSSR count). The highest BCUT2D eigenvalue weighted by Gasteiger charge is 2.19. The van der Waals surface area contributed by atoms with Gasteiger partial charge in [-0.05, 0) is 20.3 Å². The Balaban J connectivity index is 4.31. The summed E-state index contributed by atoms with van der Waals surface area (Å²) in [6, 6.07) is 0. The third-order valence-corrected chi connectivity index (χ3v) is 2.01. The third kappa shape index (κ3) is 4.63. The Labute approximate surface area is 90.2 Å². The Morgan fingerprint density at radius 3 is 2.40 bits per heavy atom. The van der Waals surface area contributed by atoms with E-state index < -0.39 is 5.97 Å². The first-order chi connectivity index (χ1) is 7.06. The van der Waals surface area contributed by atoms with Crippen LogP contribution in [0.4, 0.5) is 0 Å². The van der Waals surface area contributed by atoms with E-state index in [-0.39, 0.29) is 11.9 Å². The SMILES string of the molecule is C/C=C(/CC(C)C(=O)OCC)C(=O)OC. The summed E-state index contributed by atoms with van der Waals surface area (Å²) in [6.07, 6.45) is 2.00. The van der Waals surface area contributed by atoms with Crippen LogP contribution in [0.1, 0.15) is 27.2 Å². The molecule has 0 aliphatic carbocycles.